The summed E-state index contributed by atoms with van der Waals surface area (Å²) in [5.41, 5.74) is 4.36. The van der Waals surface area contributed by atoms with Gasteiger partial charge in [0.1, 0.15) is 17.7 Å². The number of esters is 1. The lowest BCUT2D eigenvalue weighted by molar-refractivity contribution is -0.140. The molecule has 0 bridgehead atoms. The lowest BCUT2D eigenvalue weighted by Gasteiger charge is -2.15. The molecule has 1 atom stereocenters. The Morgan fingerprint density at radius 3 is 2.83 bits per heavy atom. The van der Waals surface area contributed by atoms with Crippen LogP contribution >= 0.6 is 0 Å². The van der Waals surface area contributed by atoms with E-state index in [4.69, 9.17) is 9.73 Å². The van der Waals surface area contributed by atoms with Crippen LogP contribution in [0.25, 0.3) is 5.69 Å². The Hall–Kier alpha value is -3.35. The lowest BCUT2D eigenvalue weighted by Crippen LogP contribution is -2.10. The largest absolute Gasteiger partial charge is 0.469 e. The van der Waals surface area contributed by atoms with Crippen LogP contribution < -0.4 is 0 Å². The second-order valence-corrected chi connectivity index (χ2v) is 7.06. The highest BCUT2D eigenvalue weighted by Crippen LogP contribution is 2.34. The predicted molar refractivity (Wildman–Crippen MR) is 107 cm³/mol. The highest BCUT2D eigenvalue weighted by atomic mass is 19.1. The highest BCUT2D eigenvalue weighted by Gasteiger charge is 2.28. The van der Waals surface area contributed by atoms with Gasteiger partial charge < -0.3 is 4.74 Å². The Balaban J connectivity index is 1.96. The van der Waals surface area contributed by atoms with Gasteiger partial charge in [0.05, 0.1) is 18.5 Å². The van der Waals surface area contributed by atoms with Crippen LogP contribution in [0.3, 0.4) is 0 Å². The van der Waals surface area contributed by atoms with Gasteiger partial charge in [-0.1, -0.05) is 0 Å². The molecular formula is C22H21FN4O2. The number of aliphatic imine (C=N–C) groups is 1. The SMILES string of the molecule is COC(=O)CC[C@@H]1N=C(c2cccnc2)c2cc(F)c(C)cc2-n2c(C)cnc21. The molecule has 2 aromatic heterocycles. The first-order valence-corrected chi connectivity index (χ1v) is 9.39. The molecule has 4 rings (SSSR count). The van der Waals surface area contributed by atoms with Crippen molar-refractivity contribution in [2.45, 2.75) is 32.7 Å². The summed E-state index contributed by atoms with van der Waals surface area (Å²) in [5.74, 6) is 0.117. The maximum atomic E-state index is 14.6. The number of imidazole rings is 1. The monoisotopic (exact) mass is 392 g/mol. The Kier molecular flexibility index (Phi) is 4.96. The quantitative estimate of drug-likeness (QED) is 0.632. The minimum Gasteiger partial charge on any atom is -0.469 e. The average molecular weight is 392 g/mol. The Labute approximate surface area is 168 Å². The van der Waals surface area contributed by atoms with Crippen molar-refractivity contribution < 1.29 is 13.9 Å². The summed E-state index contributed by atoms with van der Waals surface area (Å²) < 4.78 is 21.4. The number of carbonyl (C=O) groups is 1. The number of nitrogens with zero attached hydrogens (tertiary/aromatic N) is 4. The Morgan fingerprint density at radius 2 is 2.10 bits per heavy atom. The number of pyridine rings is 1. The molecular weight excluding hydrogens is 371 g/mol. The number of methoxy groups -OCH3 is 1. The summed E-state index contributed by atoms with van der Waals surface area (Å²) in [6.07, 6.45) is 5.80. The molecule has 29 heavy (non-hydrogen) atoms. The second-order valence-electron chi connectivity index (χ2n) is 7.06. The topological polar surface area (TPSA) is 69.4 Å². The summed E-state index contributed by atoms with van der Waals surface area (Å²) in [7, 11) is 1.37. The minimum atomic E-state index is -0.381. The van der Waals surface area contributed by atoms with E-state index in [0.29, 0.717) is 23.3 Å². The van der Waals surface area contributed by atoms with Crippen molar-refractivity contribution in [3.63, 3.8) is 0 Å². The maximum Gasteiger partial charge on any atom is 0.305 e. The van der Waals surface area contributed by atoms with Gasteiger partial charge in [-0.25, -0.2) is 9.37 Å². The smallest absolute Gasteiger partial charge is 0.305 e. The van der Waals surface area contributed by atoms with Crippen molar-refractivity contribution in [1.82, 2.24) is 14.5 Å². The van der Waals surface area contributed by atoms with Crippen molar-refractivity contribution in [3.05, 3.63) is 76.9 Å². The first kappa shape index (κ1) is 19.0. The molecule has 6 nitrogen and oxygen atoms in total. The zero-order valence-electron chi connectivity index (χ0n) is 16.5. The third-order valence-electron chi connectivity index (χ3n) is 5.11. The van der Waals surface area contributed by atoms with E-state index in [-0.39, 0.29) is 24.2 Å². The van der Waals surface area contributed by atoms with E-state index < -0.39 is 0 Å². The van der Waals surface area contributed by atoms with Crippen LogP contribution in [0.2, 0.25) is 0 Å². The van der Waals surface area contributed by atoms with Gasteiger partial charge in [-0.15, -0.1) is 0 Å². The normalized spacial score (nSPS) is 15.2. The average Bonchev–Trinajstić information content (AvgIpc) is 3.05. The number of halogens is 1. The van der Waals surface area contributed by atoms with E-state index in [1.807, 2.05) is 29.7 Å². The number of benzene rings is 1. The van der Waals surface area contributed by atoms with Crippen molar-refractivity contribution in [1.29, 1.82) is 0 Å². The molecule has 0 saturated carbocycles. The molecule has 1 aliphatic heterocycles. The molecule has 148 valence electrons. The number of aryl methyl sites for hydroxylation is 2. The first-order chi connectivity index (χ1) is 14.0. The van der Waals surface area contributed by atoms with Gasteiger partial charge in [-0.3, -0.25) is 19.3 Å². The van der Waals surface area contributed by atoms with Gasteiger partial charge >= 0.3 is 5.97 Å². The molecule has 1 aromatic carbocycles. The number of fused-ring (bicyclic) bond motifs is 3. The van der Waals surface area contributed by atoms with Crippen molar-refractivity contribution in [3.8, 4) is 5.69 Å². The molecule has 0 radical (unpaired) electrons. The molecule has 0 amide bonds. The zero-order valence-corrected chi connectivity index (χ0v) is 16.5. The van der Waals surface area contributed by atoms with E-state index in [1.165, 1.54) is 13.2 Å². The lowest BCUT2D eigenvalue weighted by atomic mass is 9.99. The molecule has 0 N–H and O–H groups in total. The molecule has 0 saturated heterocycles. The molecule has 1 aliphatic rings. The van der Waals surface area contributed by atoms with Gasteiger partial charge in [-0.2, -0.15) is 0 Å². The summed E-state index contributed by atoms with van der Waals surface area (Å²) in [4.78, 5) is 25.5. The molecule has 3 aromatic rings. The summed E-state index contributed by atoms with van der Waals surface area (Å²) in [6.45, 7) is 3.69. The van der Waals surface area contributed by atoms with E-state index in [1.54, 1.807) is 25.5 Å². The molecule has 0 unspecified atom stereocenters. The summed E-state index contributed by atoms with van der Waals surface area (Å²) >= 11 is 0. The van der Waals surface area contributed by atoms with Crippen LogP contribution in [-0.2, 0) is 9.53 Å². The van der Waals surface area contributed by atoms with Crippen molar-refractivity contribution in [2.24, 2.45) is 4.99 Å². The number of rotatable bonds is 4. The molecule has 3 heterocycles. The highest BCUT2D eigenvalue weighted by molar-refractivity contribution is 6.15. The number of hydrogen-bond donors (Lipinski definition) is 0. The molecule has 7 heteroatoms. The Morgan fingerprint density at radius 1 is 1.28 bits per heavy atom. The molecule has 0 spiro atoms. The zero-order chi connectivity index (χ0) is 20.5. The number of carbonyl (C=O) groups excluding carboxylic acids is 1. The summed E-state index contributed by atoms with van der Waals surface area (Å²) in [6, 6.07) is 6.67. The van der Waals surface area contributed by atoms with Gasteiger partial charge in [0.2, 0.25) is 0 Å². The number of hydrogen-bond acceptors (Lipinski definition) is 5. The summed E-state index contributed by atoms with van der Waals surface area (Å²) in [5, 5.41) is 0. The van der Waals surface area contributed by atoms with Gasteiger partial charge in [0, 0.05) is 41.8 Å². The number of aromatic nitrogens is 3. The van der Waals surface area contributed by atoms with Crippen LogP contribution in [0, 0.1) is 19.7 Å². The predicted octanol–water partition coefficient (Wildman–Crippen LogP) is 3.87. The fourth-order valence-electron chi connectivity index (χ4n) is 3.61. The van der Waals surface area contributed by atoms with Gasteiger partial charge in [0.25, 0.3) is 0 Å². The van der Waals surface area contributed by atoms with Crippen LogP contribution in [0.4, 0.5) is 4.39 Å². The van der Waals surface area contributed by atoms with Crippen molar-refractivity contribution >= 4 is 11.7 Å². The van der Waals surface area contributed by atoms with Crippen LogP contribution in [0.15, 0.2) is 47.8 Å². The van der Waals surface area contributed by atoms with Crippen LogP contribution in [0.1, 0.15) is 47.1 Å². The molecule has 0 aliphatic carbocycles. The molecule has 0 fully saturated rings. The number of ether oxygens (including phenoxy) is 1. The fraction of sp³-hybridized carbons (Fsp3) is 0.273. The standard InChI is InChI=1S/C22H21FN4O2/c1-13-9-19-16(10-17(13)23)21(15-5-4-8-24-12-15)26-18(6-7-20(28)29-3)22-25-11-14(2)27(19)22/h4-5,8-12,18H,6-7H2,1-3H3/t18-/m0/s1. The third-order valence-corrected chi connectivity index (χ3v) is 5.11. The minimum absolute atomic E-state index is 0.209. The van der Waals surface area contributed by atoms with E-state index in [9.17, 15) is 9.18 Å². The first-order valence-electron chi connectivity index (χ1n) is 9.39. The van der Waals surface area contributed by atoms with Gasteiger partial charge in [-0.05, 0) is 50.1 Å². The fourth-order valence-corrected chi connectivity index (χ4v) is 3.61. The van der Waals surface area contributed by atoms with Crippen LogP contribution in [0.5, 0.6) is 0 Å². The van der Waals surface area contributed by atoms with Crippen molar-refractivity contribution in [2.75, 3.05) is 7.11 Å². The second kappa shape index (κ2) is 7.58. The van der Waals surface area contributed by atoms with E-state index in [0.717, 1.165) is 22.8 Å². The Bertz CT molecular complexity index is 1110. The van der Waals surface area contributed by atoms with E-state index in [2.05, 4.69) is 9.97 Å². The van der Waals surface area contributed by atoms with Crippen LogP contribution in [-0.4, -0.2) is 33.3 Å². The maximum absolute atomic E-state index is 14.6. The van der Waals surface area contributed by atoms with E-state index >= 15 is 0 Å². The van der Waals surface area contributed by atoms with Gasteiger partial charge in [0.15, 0.2) is 0 Å². The third kappa shape index (κ3) is 3.44.